The number of rotatable bonds is 5. The predicted molar refractivity (Wildman–Crippen MR) is 104 cm³/mol. The van der Waals surface area contributed by atoms with Crippen molar-refractivity contribution in [1.29, 1.82) is 0 Å². The van der Waals surface area contributed by atoms with Crippen molar-refractivity contribution < 1.29 is 27.1 Å². The summed E-state index contributed by atoms with van der Waals surface area (Å²) in [6, 6.07) is 4.22. The van der Waals surface area contributed by atoms with E-state index in [1.165, 1.54) is 53.4 Å². The van der Waals surface area contributed by atoms with E-state index in [1.807, 2.05) is 0 Å². The molecule has 0 spiro atoms. The second-order valence-corrected chi connectivity index (χ2v) is 8.53. The molecule has 2 aliphatic rings. The van der Waals surface area contributed by atoms with Gasteiger partial charge < -0.3 is 14.5 Å². The lowest BCUT2D eigenvalue weighted by Gasteiger charge is -2.26. The molecular weight excluding hydrogens is 425 g/mol. The standard InChI is InChI=1S/C18H17ClFN3O5S/c1-22(10-13-14(19)3-2-4-15(13)20)17(24)11-28-18(25)12-5-6-16-21-29(26,27)8-7-23(16)9-12/h2-6,9H,7-8,10-11H2,1H3. The lowest BCUT2D eigenvalue weighted by molar-refractivity contribution is -0.148. The molecule has 0 unspecified atom stereocenters. The second kappa shape index (κ2) is 8.34. The highest BCUT2D eigenvalue weighted by Gasteiger charge is 2.26. The number of sulfonamides is 1. The van der Waals surface area contributed by atoms with Gasteiger partial charge in [-0.2, -0.15) is 0 Å². The summed E-state index contributed by atoms with van der Waals surface area (Å²) in [7, 11) is -2.05. The van der Waals surface area contributed by atoms with E-state index < -0.39 is 34.3 Å². The number of esters is 1. The van der Waals surface area contributed by atoms with Gasteiger partial charge in [0, 0.05) is 36.9 Å². The smallest absolute Gasteiger partial charge is 0.340 e. The SMILES string of the molecule is CN(Cc1c(F)cccc1Cl)C(=O)COC(=O)C1=CN2CCS(=O)(=O)N=C2C=C1. The lowest BCUT2D eigenvalue weighted by Crippen LogP contribution is -2.37. The molecule has 29 heavy (non-hydrogen) atoms. The van der Waals surface area contributed by atoms with Crippen molar-refractivity contribution in [3.05, 3.63) is 58.5 Å². The van der Waals surface area contributed by atoms with Crippen molar-refractivity contribution in [2.24, 2.45) is 4.40 Å². The summed E-state index contributed by atoms with van der Waals surface area (Å²) in [6.07, 6.45) is 4.18. The molecule has 0 aromatic heterocycles. The Labute approximate surface area is 172 Å². The third-order valence-corrected chi connectivity index (χ3v) is 5.79. The number of nitrogens with zero attached hydrogens (tertiary/aromatic N) is 3. The maximum Gasteiger partial charge on any atom is 0.340 e. The largest absolute Gasteiger partial charge is 0.452 e. The van der Waals surface area contributed by atoms with E-state index >= 15 is 0 Å². The molecule has 0 N–H and O–H groups in total. The van der Waals surface area contributed by atoms with E-state index in [4.69, 9.17) is 16.3 Å². The fraction of sp³-hybridized carbons (Fsp3) is 0.278. The van der Waals surface area contributed by atoms with Gasteiger partial charge in [0.15, 0.2) is 6.61 Å². The van der Waals surface area contributed by atoms with Gasteiger partial charge in [0.05, 0.1) is 11.3 Å². The van der Waals surface area contributed by atoms with Crippen LogP contribution in [-0.4, -0.2) is 61.9 Å². The number of likely N-dealkylation sites (N-methyl/N-ethyl adjacent to an activating group) is 1. The molecular formula is C18H17ClFN3O5S. The van der Waals surface area contributed by atoms with Gasteiger partial charge in [0.1, 0.15) is 11.7 Å². The van der Waals surface area contributed by atoms with Gasteiger partial charge in [-0.05, 0) is 24.3 Å². The molecule has 0 fully saturated rings. The number of hydrogen-bond acceptors (Lipinski definition) is 6. The fourth-order valence-corrected chi connectivity index (χ4v) is 3.84. The molecule has 154 valence electrons. The Bertz CT molecular complexity index is 1030. The summed E-state index contributed by atoms with van der Waals surface area (Å²) in [5, 5.41) is 0.195. The molecule has 2 heterocycles. The Morgan fingerprint density at radius 3 is 2.83 bits per heavy atom. The van der Waals surface area contributed by atoms with E-state index in [0.717, 1.165) is 0 Å². The third-order valence-electron chi connectivity index (χ3n) is 4.27. The van der Waals surface area contributed by atoms with Crippen LogP contribution in [0.2, 0.25) is 5.02 Å². The first-order valence-corrected chi connectivity index (χ1v) is 10.5. The quantitative estimate of drug-likeness (QED) is 0.642. The Morgan fingerprint density at radius 1 is 1.34 bits per heavy atom. The normalized spacial score (nSPS) is 17.1. The van der Waals surface area contributed by atoms with Crippen LogP contribution in [0.1, 0.15) is 5.56 Å². The number of amidine groups is 1. The number of hydrogen-bond donors (Lipinski definition) is 0. The van der Waals surface area contributed by atoms with Crippen LogP contribution in [0.3, 0.4) is 0 Å². The number of benzene rings is 1. The number of ether oxygens (including phenoxy) is 1. The Morgan fingerprint density at radius 2 is 2.10 bits per heavy atom. The highest BCUT2D eigenvalue weighted by atomic mass is 35.5. The van der Waals surface area contributed by atoms with E-state index in [1.54, 1.807) is 0 Å². The van der Waals surface area contributed by atoms with E-state index in [2.05, 4.69) is 4.40 Å². The van der Waals surface area contributed by atoms with Crippen molar-refractivity contribution in [1.82, 2.24) is 9.80 Å². The Hall–Kier alpha value is -2.72. The molecule has 0 bridgehead atoms. The number of carbonyl (C=O) groups is 2. The average Bonchev–Trinajstić information content (AvgIpc) is 2.67. The first kappa shape index (κ1) is 21.0. The molecule has 1 amide bonds. The minimum Gasteiger partial charge on any atom is -0.452 e. The van der Waals surface area contributed by atoms with Crippen LogP contribution in [0.5, 0.6) is 0 Å². The zero-order valence-electron chi connectivity index (χ0n) is 15.3. The summed E-state index contributed by atoms with van der Waals surface area (Å²) in [5.74, 6) is -1.77. The minimum absolute atomic E-state index is 0.0768. The zero-order valence-corrected chi connectivity index (χ0v) is 16.9. The Balaban J connectivity index is 1.57. The summed E-state index contributed by atoms with van der Waals surface area (Å²) < 4.78 is 45.5. The summed E-state index contributed by atoms with van der Waals surface area (Å²) in [6.45, 7) is -0.457. The molecule has 0 saturated heterocycles. The van der Waals surface area contributed by atoms with Crippen molar-refractivity contribution in [3.63, 3.8) is 0 Å². The van der Waals surface area contributed by atoms with E-state index in [0.29, 0.717) is 0 Å². The van der Waals surface area contributed by atoms with E-state index in [9.17, 15) is 22.4 Å². The Kier molecular flexibility index (Phi) is 6.04. The number of amides is 1. The summed E-state index contributed by atoms with van der Waals surface area (Å²) >= 11 is 5.95. The molecule has 3 rings (SSSR count). The van der Waals surface area contributed by atoms with Crippen LogP contribution < -0.4 is 0 Å². The molecule has 2 aliphatic heterocycles. The van der Waals surface area contributed by atoms with Gasteiger partial charge in [-0.25, -0.2) is 17.6 Å². The van der Waals surface area contributed by atoms with Crippen LogP contribution in [-0.2, 0) is 30.9 Å². The number of halogens is 2. The van der Waals surface area contributed by atoms with Crippen LogP contribution >= 0.6 is 11.6 Å². The average molecular weight is 442 g/mol. The first-order valence-electron chi connectivity index (χ1n) is 8.49. The van der Waals surface area contributed by atoms with Crippen molar-refractivity contribution in [3.8, 4) is 0 Å². The zero-order chi connectivity index (χ0) is 21.2. The maximum atomic E-state index is 13.8. The predicted octanol–water partition coefficient (Wildman–Crippen LogP) is 1.48. The molecule has 0 atom stereocenters. The van der Waals surface area contributed by atoms with Crippen molar-refractivity contribution >= 4 is 39.3 Å². The van der Waals surface area contributed by atoms with Gasteiger partial charge in [0.2, 0.25) is 0 Å². The van der Waals surface area contributed by atoms with Gasteiger partial charge in [-0.3, -0.25) is 4.79 Å². The van der Waals surface area contributed by atoms with Gasteiger partial charge in [0.25, 0.3) is 15.9 Å². The first-order chi connectivity index (χ1) is 13.7. The molecule has 11 heteroatoms. The third kappa shape index (κ3) is 5.01. The fourth-order valence-electron chi connectivity index (χ4n) is 2.65. The van der Waals surface area contributed by atoms with Crippen LogP contribution in [0.15, 0.2) is 46.5 Å². The number of carbonyl (C=O) groups excluding carboxylic acids is 2. The van der Waals surface area contributed by atoms with Crippen LogP contribution in [0.25, 0.3) is 0 Å². The van der Waals surface area contributed by atoms with Crippen LogP contribution in [0, 0.1) is 5.82 Å². The van der Waals surface area contributed by atoms with E-state index in [-0.39, 0.29) is 40.8 Å². The minimum atomic E-state index is -3.49. The topological polar surface area (TPSA) is 96.4 Å². The monoisotopic (exact) mass is 441 g/mol. The molecule has 8 nitrogen and oxygen atoms in total. The highest BCUT2D eigenvalue weighted by molar-refractivity contribution is 7.90. The molecule has 0 aliphatic carbocycles. The molecule has 0 radical (unpaired) electrons. The highest BCUT2D eigenvalue weighted by Crippen LogP contribution is 2.20. The van der Waals surface area contributed by atoms with Crippen molar-refractivity contribution in [2.75, 3.05) is 26.0 Å². The lowest BCUT2D eigenvalue weighted by atomic mass is 10.2. The maximum absolute atomic E-state index is 13.8. The summed E-state index contributed by atoms with van der Waals surface area (Å²) in [4.78, 5) is 27.1. The van der Waals surface area contributed by atoms with Gasteiger partial charge in [-0.1, -0.05) is 17.7 Å². The molecule has 1 aromatic rings. The van der Waals surface area contributed by atoms with Crippen molar-refractivity contribution in [2.45, 2.75) is 6.54 Å². The van der Waals surface area contributed by atoms with Gasteiger partial charge in [-0.15, -0.1) is 4.40 Å². The van der Waals surface area contributed by atoms with Gasteiger partial charge >= 0.3 is 5.97 Å². The second-order valence-electron chi connectivity index (χ2n) is 6.37. The number of fused-ring (bicyclic) bond motifs is 1. The molecule has 0 saturated carbocycles. The molecule has 1 aromatic carbocycles. The van der Waals surface area contributed by atoms with Crippen LogP contribution in [0.4, 0.5) is 4.39 Å². The summed E-state index contributed by atoms with van der Waals surface area (Å²) in [5.41, 5.74) is 0.317.